The van der Waals surface area contributed by atoms with Crippen LogP contribution < -0.4 is 0 Å². The molecular formula is C12H22N2O3. The number of aliphatic hydroxyl groups is 1. The lowest BCUT2D eigenvalue weighted by atomic mass is 10.1. The third-order valence-corrected chi connectivity index (χ3v) is 3.07. The monoisotopic (exact) mass is 242 g/mol. The number of rotatable bonds is 5. The van der Waals surface area contributed by atoms with Gasteiger partial charge in [-0.2, -0.15) is 0 Å². The molecule has 0 saturated carbocycles. The van der Waals surface area contributed by atoms with Crippen LogP contribution in [0.1, 0.15) is 27.2 Å². The van der Waals surface area contributed by atoms with Crippen LogP contribution in [0.5, 0.6) is 0 Å². The van der Waals surface area contributed by atoms with Gasteiger partial charge in [-0.05, 0) is 12.3 Å². The molecule has 1 aliphatic heterocycles. The van der Waals surface area contributed by atoms with Gasteiger partial charge in [-0.25, -0.2) is 0 Å². The molecule has 5 nitrogen and oxygen atoms in total. The normalized spacial score (nSPS) is 19.1. The van der Waals surface area contributed by atoms with Gasteiger partial charge in [0.1, 0.15) is 0 Å². The first kappa shape index (κ1) is 14.0. The van der Waals surface area contributed by atoms with Gasteiger partial charge in [0.2, 0.25) is 0 Å². The van der Waals surface area contributed by atoms with E-state index in [0.717, 1.165) is 6.42 Å². The molecule has 5 heteroatoms. The van der Waals surface area contributed by atoms with Gasteiger partial charge in [0.15, 0.2) is 0 Å². The molecule has 1 heterocycles. The highest BCUT2D eigenvalue weighted by Gasteiger charge is 2.33. The van der Waals surface area contributed by atoms with E-state index >= 15 is 0 Å². The molecule has 0 spiro atoms. The fourth-order valence-corrected chi connectivity index (χ4v) is 1.81. The summed E-state index contributed by atoms with van der Waals surface area (Å²) >= 11 is 0. The molecule has 1 unspecified atom stereocenters. The van der Waals surface area contributed by atoms with Crippen LogP contribution in [0.15, 0.2) is 0 Å². The molecule has 0 bridgehead atoms. The predicted octanol–water partition coefficient (Wildman–Crippen LogP) is 0.0841. The Labute approximate surface area is 102 Å². The van der Waals surface area contributed by atoms with Gasteiger partial charge in [0.25, 0.3) is 0 Å². The Morgan fingerprint density at radius 2 is 1.71 bits per heavy atom. The number of piperazine rings is 1. The molecule has 1 fully saturated rings. The Morgan fingerprint density at radius 1 is 1.18 bits per heavy atom. The molecule has 17 heavy (non-hydrogen) atoms. The summed E-state index contributed by atoms with van der Waals surface area (Å²) in [6, 6.07) is 0. The van der Waals surface area contributed by atoms with Crippen molar-refractivity contribution >= 4 is 11.8 Å². The molecule has 1 aliphatic rings. The van der Waals surface area contributed by atoms with E-state index in [9.17, 15) is 14.7 Å². The Hall–Kier alpha value is -1.10. The third-order valence-electron chi connectivity index (χ3n) is 3.07. The molecule has 0 aliphatic carbocycles. The maximum atomic E-state index is 11.8. The lowest BCUT2D eigenvalue weighted by Crippen LogP contribution is -2.56. The second-order valence-electron chi connectivity index (χ2n) is 4.85. The first-order valence-corrected chi connectivity index (χ1v) is 6.23. The van der Waals surface area contributed by atoms with E-state index in [-0.39, 0.29) is 12.5 Å². The average molecular weight is 242 g/mol. The van der Waals surface area contributed by atoms with Crippen molar-refractivity contribution in [2.75, 3.05) is 26.2 Å². The van der Waals surface area contributed by atoms with Crippen molar-refractivity contribution in [3.8, 4) is 0 Å². The SMILES string of the molecule is CCCN1CCN(CC(O)C(C)C)C(=O)C1=O. The maximum Gasteiger partial charge on any atom is 0.312 e. The highest BCUT2D eigenvalue weighted by Crippen LogP contribution is 2.09. The molecule has 2 amide bonds. The van der Waals surface area contributed by atoms with Crippen molar-refractivity contribution in [3.63, 3.8) is 0 Å². The van der Waals surface area contributed by atoms with E-state index in [2.05, 4.69) is 0 Å². The zero-order valence-electron chi connectivity index (χ0n) is 10.8. The summed E-state index contributed by atoms with van der Waals surface area (Å²) in [5.41, 5.74) is 0. The first-order valence-electron chi connectivity index (χ1n) is 6.23. The van der Waals surface area contributed by atoms with Crippen LogP contribution in [-0.4, -0.2) is 59.0 Å². The van der Waals surface area contributed by atoms with Gasteiger partial charge >= 0.3 is 11.8 Å². The van der Waals surface area contributed by atoms with Gasteiger partial charge < -0.3 is 14.9 Å². The molecule has 1 atom stereocenters. The Balaban J connectivity index is 2.56. The number of carbonyl (C=O) groups is 2. The van der Waals surface area contributed by atoms with Crippen LogP contribution in [-0.2, 0) is 9.59 Å². The zero-order valence-corrected chi connectivity index (χ0v) is 10.8. The molecular weight excluding hydrogens is 220 g/mol. The van der Waals surface area contributed by atoms with Crippen LogP contribution in [0.25, 0.3) is 0 Å². The van der Waals surface area contributed by atoms with Crippen molar-refractivity contribution in [2.45, 2.75) is 33.3 Å². The van der Waals surface area contributed by atoms with E-state index in [0.29, 0.717) is 19.6 Å². The third kappa shape index (κ3) is 3.43. The Bertz CT molecular complexity index is 291. The van der Waals surface area contributed by atoms with E-state index in [1.807, 2.05) is 20.8 Å². The van der Waals surface area contributed by atoms with Crippen molar-refractivity contribution in [3.05, 3.63) is 0 Å². The smallest absolute Gasteiger partial charge is 0.312 e. The van der Waals surface area contributed by atoms with Crippen molar-refractivity contribution in [2.24, 2.45) is 5.92 Å². The van der Waals surface area contributed by atoms with Crippen molar-refractivity contribution < 1.29 is 14.7 Å². The number of nitrogens with zero attached hydrogens (tertiary/aromatic N) is 2. The zero-order chi connectivity index (χ0) is 13.0. The van der Waals surface area contributed by atoms with Crippen LogP contribution in [0.3, 0.4) is 0 Å². The predicted molar refractivity (Wildman–Crippen MR) is 64.3 cm³/mol. The fraction of sp³-hybridized carbons (Fsp3) is 0.833. The Kier molecular flexibility index (Phi) is 4.93. The van der Waals surface area contributed by atoms with Gasteiger partial charge in [-0.3, -0.25) is 9.59 Å². The summed E-state index contributed by atoms with van der Waals surface area (Å²) in [6.45, 7) is 7.74. The van der Waals surface area contributed by atoms with E-state index in [1.165, 1.54) is 4.90 Å². The van der Waals surface area contributed by atoms with Gasteiger partial charge in [0.05, 0.1) is 6.10 Å². The number of aliphatic hydroxyl groups excluding tert-OH is 1. The number of hydrogen-bond donors (Lipinski definition) is 1. The number of β-amino-alcohol motifs (C(OH)–C–C–N with tert-alkyl or cyclic N) is 1. The summed E-state index contributed by atoms with van der Waals surface area (Å²) in [5, 5.41) is 9.73. The summed E-state index contributed by atoms with van der Waals surface area (Å²) in [5.74, 6) is -0.829. The lowest BCUT2D eigenvalue weighted by Gasteiger charge is -2.35. The molecule has 0 radical (unpaired) electrons. The number of hydrogen-bond acceptors (Lipinski definition) is 3. The van der Waals surface area contributed by atoms with Gasteiger partial charge in [-0.15, -0.1) is 0 Å². The molecule has 0 aromatic carbocycles. The van der Waals surface area contributed by atoms with Gasteiger partial charge in [-0.1, -0.05) is 20.8 Å². The van der Waals surface area contributed by atoms with Crippen LogP contribution >= 0.6 is 0 Å². The second kappa shape index (κ2) is 6.00. The number of carbonyl (C=O) groups excluding carboxylic acids is 2. The lowest BCUT2D eigenvalue weighted by molar-refractivity contribution is -0.157. The van der Waals surface area contributed by atoms with E-state index in [1.54, 1.807) is 4.90 Å². The molecule has 1 saturated heterocycles. The standard InChI is InChI=1S/C12H22N2O3/c1-4-5-13-6-7-14(12(17)11(13)16)8-10(15)9(2)3/h9-10,15H,4-8H2,1-3H3. The quantitative estimate of drug-likeness (QED) is 0.695. The summed E-state index contributed by atoms with van der Waals surface area (Å²) < 4.78 is 0. The summed E-state index contributed by atoms with van der Waals surface area (Å²) in [6.07, 6.45) is 0.289. The van der Waals surface area contributed by atoms with E-state index in [4.69, 9.17) is 0 Å². The summed E-state index contributed by atoms with van der Waals surface area (Å²) in [4.78, 5) is 26.6. The summed E-state index contributed by atoms with van der Waals surface area (Å²) in [7, 11) is 0. The Morgan fingerprint density at radius 3 is 2.24 bits per heavy atom. The minimum Gasteiger partial charge on any atom is -0.391 e. The maximum absolute atomic E-state index is 11.8. The number of amides is 2. The second-order valence-corrected chi connectivity index (χ2v) is 4.85. The van der Waals surface area contributed by atoms with Crippen LogP contribution in [0.4, 0.5) is 0 Å². The fourth-order valence-electron chi connectivity index (χ4n) is 1.81. The first-order chi connectivity index (χ1) is 7.97. The van der Waals surface area contributed by atoms with Crippen molar-refractivity contribution in [1.82, 2.24) is 9.80 Å². The minimum atomic E-state index is -0.565. The molecule has 98 valence electrons. The highest BCUT2D eigenvalue weighted by atomic mass is 16.3. The topological polar surface area (TPSA) is 60.9 Å². The molecule has 1 N–H and O–H groups in total. The van der Waals surface area contributed by atoms with Crippen LogP contribution in [0.2, 0.25) is 0 Å². The molecule has 0 aromatic heterocycles. The molecule has 1 rings (SSSR count). The van der Waals surface area contributed by atoms with Crippen LogP contribution in [0, 0.1) is 5.92 Å². The highest BCUT2D eigenvalue weighted by molar-refractivity contribution is 6.35. The van der Waals surface area contributed by atoms with E-state index < -0.39 is 17.9 Å². The molecule has 0 aromatic rings. The minimum absolute atomic E-state index is 0.0894. The largest absolute Gasteiger partial charge is 0.391 e. The van der Waals surface area contributed by atoms with Gasteiger partial charge in [0, 0.05) is 26.2 Å². The average Bonchev–Trinajstić information content (AvgIpc) is 2.28. The van der Waals surface area contributed by atoms with Crippen molar-refractivity contribution in [1.29, 1.82) is 0 Å².